The van der Waals surface area contributed by atoms with E-state index in [1.165, 1.54) is 0 Å². The van der Waals surface area contributed by atoms with Gasteiger partial charge in [-0.3, -0.25) is 0 Å². The van der Waals surface area contributed by atoms with Gasteiger partial charge >= 0.3 is 0 Å². The fourth-order valence-corrected chi connectivity index (χ4v) is 4.60. The van der Waals surface area contributed by atoms with Crippen molar-refractivity contribution in [2.45, 2.75) is 78.1 Å². The van der Waals surface area contributed by atoms with Crippen molar-refractivity contribution in [2.24, 2.45) is 0 Å². The molecule has 27 heavy (non-hydrogen) atoms. The van der Waals surface area contributed by atoms with Gasteiger partial charge in [0.15, 0.2) is 14.0 Å². The van der Waals surface area contributed by atoms with Gasteiger partial charge in [-0.05, 0) is 68.4 Å². The van der Waals surface area contributed by atoms with Crippen LogP contribution in [0.2, 0.25) is 23.4 Å². The van der Waals surface area contributed by atoms with E-state index < -0.39 is 8.32 Å². The molecule has 1 aliphatic carbocycles. The molecule has 0 saturated heterocycles. The molecule has 0 N–H and O–H groups in total. The lowest BCUT2D eigenvalue weighted by molar-refractivity contribution is 0.172. The molecule has 0 aliphatic heterocycles. The molecular weight excluding hydrogens is 376 g/mol. The van der Waals surface area contributed by atoms with Crippen LogP contribution in [-0.2, 0) is 4.43 Å². The number of fused-ring (bicyclic) bond motifs is 1. The lowest BCUT2D eigenvalue weighted by atomic mass is 9.94. The van der Waals surface area contributed by atoms with Crippen molar-refractivity contribution in [3.8, 4) is 0 Å². The van der Waals surface area contributed by atoms with Gasteiger partial charge in [0, 0.05) is 6.10 Å². The summed E-state index contributed by atoms with van der Waals surface area (Å²) in [5, 5.41) is 0.439. The van der Waals surface area contributed by atoms with Crippen LogP contribution < -0.4 is 0 Å². The quantitative estimate of drug-likeness (QED) is 0.488. The van der Waals surface area contributed by atoms with Gasteiger partial charge in [-0.1, -0.05) is 26.8 Å². The highest BCUT2D eigenvalue weighted by molar-refractivity contribution is 6.74. The van der Waals surface area contributed by atoms with Crippen molar-refractivity contribution in [2.75, 3.05) is 0 Å². The first-order valence-electron chi connectivity index (χ1n) is 9.53. The van der Waals surface area contributed by atoms with Crippen LogP contribution in [0, 0.1) is 13.8 Å². The molecule has 3 rings (SSSR count). The summed E-state index contributed by atoms with van der Waals surface area (Å²) in [5.41, 5.74) is 5.03. The zero-order valence-electron chi connectivity index (χ0n) is 17.4. The lowest BCUT2D eigenvalue weighted by Gasteiger charge is -2.40. The normalized spacial score (nSPS) is 18.7. The number of hydrogen-bond donors (Lipinski definition) is 0. The van der Waals surface area contributed by atoms with Gasteiger partial charge in [-0.15, -0.1) is 0 Å². The molecule has 0 amide bonds. The average molecular weight is 405 g/mol. The zero-order valence-corrected chi connectivity index (χ0v) is 19.1. The molecular formula is C20H29ClN4OSi. The maximum absolute atomic E-state index is 6.58. The summed E-state index contributed by atoms with van der Waals surface area (Å²) in [6.45, 7) is 15.3. The van der Waals surface area contributed by atoms with Gasteiger partial charge in [0.2, 0.25) is 5.28 Å². The molecule has 5 nitrogen and oxygen atoms in total. The molecule has 2 aromatic rings. The first-order valence-corrected chi connectivity index (χ1v) is 12.8. The minimum absolute atomic E-state index is 0.218. The molecule has 0 fully saturated rings. The van der Waals surface area contributed by atoms with E-state index >= 15 is 0 Å². The molecule has 1 aliphatic rings. The van der Waals surface area contributed by atoms with Crippen LogP contribution in [0.5, 0.6) is 0 Å². The van der Waals surface area contributed by atoms with Gasteiger partial charge in [0.1, 0.15) is 5.52 Å². The maximum atomic E-state index is 6.58. The summed E-state index contributed by atoms with van der Waals surface area (Å²) in [6.07, 6.45) is 5.28. The van der Waals surface area contributed by atoms with Crippen molar-refractivity contribution < 1.29 is 4.43 Å². The van der Waals surface area contributed by atoms with Crippen molar-refractivity contribution >= 4 is 36.7 Å². The highest BCUT2D eigenvalue weighted by Crippen LogP contribution is 2.40. The highest BCUT2D eigenvalue weighted by Gasteiger charge is 2.39. The largest absolute Gasteiger partial charge is 0.414 e. The molecule has 1 unspecified atom stereocenters. The Morgan fingerprint density at radius 3 is 2.33 bits per heavy atom. The van der Waals surface area contributed by atoms with Crippen LogP contribution in [0.4, 0.5) is 0 Å². The molecule has 0 aromatic carbocycles. The lowest BCUT2D eigenvalue weighted by Crippen LogP contribution is -2.44. The predicted octanol–water partition coefficient (Wildman–Crippen LogP) is 5.65. The number of rotatable bonds is 3. The highest BCUT2D eigenvalue weighted by atomic mass is 35.5. The molecule has 2 heterocycles. The third-order valence-corrected chi connectivity index (χ3v) is 10.6. The molecule has 2 aromatic heterocycles. The van der Waals surface area contributed by atoms with Crippen LogP contribution >= 0.6 is 11.6 Å². The monoisotopic (exact) mass is 404 g/mol. The fourth-order valence-electron chi connectivity index (χ4n) is 3.04. The van der Waals surface area contributed by atoms with E-state index in [9.17, 15) is 0 Å². The van der Waals surface area contributed by atoms with Gasteiger partial charge < -0.3 is 4.43 Å². The summed E-state index contributed by atoms with van der Waals surface area (Å²) in [5.74, 6) is 0. The Hall–Kier alpha value is -1.37. The van der Waals surface area contributed by atoms with E-state index in [1.54, 1.807) is 0 Å². The van der Waals surface area contributed by atoms with E-state index in [4.69, 9.17) is 21.0 Å². The topological polar surface area (TPSA) is 60.8 Å². The van der Waals surface area contributed by atoms with Gasteiger partial charge in [-0.2, -0.15) is 4.98 Å². The van der Waals surface area contributed by atoms with Crippen LogP contribution in [0.25, 0.3) is 16.7 Å². The van der Waals surface area contributed by atoms with E-state index in [0.29, 0.717) is 5.65 Å². The Kier molecular flexibility index (Phi) is 5.45. The molecule has 1 atom stereocenters. The standard InChI is InChI=1S/C20H29ClN4OSi/c1-12-13(2)23-18-17(22-12)16(24-19(21)25-18)14-8-10-15(11-9-14)26-27(6,7)20(3,4)5/h8,15H,9-11H2,1-7H3. The second kappa shape index (κ2) is 7.22. The number of allylic oxidation sites excluding steroid dienone is 1. The summed E-state index contributed by atoms with van der Waals surface area (Å²) in [6, 6.07) is 0. The van der Waals surface area contributed by atoms with E-state index in [0.717, 1.165) is 47.4 Å². The van der Waals surface area contributed by atoms with E-state index in [1.807, 2.05) is 13.8 Å². The van der Waals surface area contributed by atoms with Gasteiger partial charge in [0.05, 0.1) is 17.1 Å². The van der Waals surface area contributed by atoms with Crippen LogP contribution in [-0.4, -0.2) is 34.4 Å². The second-order valence-electron chi connectivity index (χ2n) is 8.91. The number of aryl methyl sites for hydroxylation is 2. The summed E-state index contributed by atoms with van der Waals surface area (Å²) >= 11 is 6.16. The molecule has 7 heteroatoms. The number of hydrogen-bond acceptors (Lipinski definition) is 5. The minimum Gasteiger partial charge on any atom is -0.414 e. The molecule has 0 spiro atoms. The van der Waals surface area contributed by atoms with Crippen molar-refractivity contribution in [3.05, 3.63) is 28.4 Å². The number of aromatic nitrogens is 4. The smallest absolute Gasteiger partial charge is 0.225 e. The molecule has 0 radical (unpaired) electrons. The average Bonchev–Trinajstić information content (AvgIpc) is 2.55. The van der Waals surface area contributed by atoms with Crippen LogP contribution in [0.3, 0.4) is 0 Å². The Morgan fingerprint density at radius 2 is 1.74 bits per heavy atom. The maximum Gasteiger partial charge on any atom is 0.225 e. The SMILES string of the molecule is Cc1nc2nc(Cl)nc(C3=CCC(O[Si](C)(C)C(C)(C)C)CC3)c2nc1C. The minimum atomic E-state index is -1.76. The fraction of sp³-hybridized carbons (Fsp3) is 0.600. The van der Waals surface area contributed by atoms with E-state index in [2.05, 4.69) is 54.9 Å². The van der Waals surface area contributed by atoms with Crippen molar-refractivity contribution in [1.82, 2.24) is 19.9 Å². The number of halogens is 1. The predicted molar refractivity (Wildman–Crippen MR) is 114 cm³/mol. The molecule has 0 bridgehead atoms. The zero-order chi connectivity index (χ0) is 20.0. The number of nitrogens with zero attached hydrogens (tertiary/aromatic N) is 4. The second-order valence-corrected chi connectivity index (χ2v) is 14.0. The van der Waals surface area contributed by atoms with Crippen molar-refractivity contribution in [1.29, 1.82) is 0 Å². The van der Waals surface area contributed by atoms with Crippen LogP contribution in [0.15, 0.2) is 6.08 Å². The first-order chi connectivity index (χ1) is 12.5. The third kappa shape index (κ3) is 4.23. The molecule has 146 valence electrons. The molecule has 0 saturated carbocycles. The summed E-state index contributed by atoms with van der Waals surface area (Å²) in [4.78, 5) is 18.0. The van der Waals surface area contributed by atoms with Gasteiger partial charge in [-0.25, -0.2) is 15.0 Å². The van der Waals surface area contributed by atoms with E-state index in [-0.39, 0.29) is 16.4 Å². The van der Waals surface area contributed by atoms with Gasteiger partial charge in [0.25, 0.3) is 0 Å². The Balaban J connectivity index is 1.89. The summed E-state index contributed by atoms with van der Waals surface area (Å²) in [7, 11) is -1.76. The Labute approximate surface area is 167 Å². The first kappa shape index (κ1) is 20.4. The van der Waals surface area contributed by atoms with Crippen molar-refractivity contribution in [3.63, 3.8) is 0 Å². The summed E-state index contributed by atoms with van der Waals surface area (Å²) < 4.78 is 6.58. The Morgan fingerprint density at radius 1 is 1.07 bits per heavy atom. The Bertz CT molecular complexity index is 905. The van der Waals surface area contributed by atoms with Crippen LogP contribution in [0.1, 0.15) is 57.1 Å². The third-order valence-electron chi connectivity index (χ3n) is 5.85.